The Hall–Kier alpha value is -3.19. The minimum absolute atomic E-state index is 0.0242. The maximum Gasteiger partial charge on any atom is 0.253 e. The lowest BCUT2D eigenvalue weighted by Gasteiger charge is -2.17. The van der Waals surface area contributed by atoms with E-state index in [4.69, 9.17) is 4.74 Å². The lowest BCUT2D eigenvalue weighted by molar-refractivity contribution is 0.443. The number of nitrogens with zero attached hydrogens (tertiary/aromatic N) is 1. The van der Waals surface area contributed by atoms with Gasteiger partial charge in [-0.3, -0.25) is 4.79 Å². The fourth-order valence-corrected chi connectivity index (χ4v) is 4.15. The average molecular weight is 442 g/mol. The lowest BCUT2D eigenvalue weighted by Crippen LogP contribution is -2.20. The summed E-state index contributed by atoms with van der Waals surface area (Å²) in [6.45, 7) is 7.02. The molecule has 0 fully saturated rings. The average Bonchev–Trinajstić information content (AvgIpc) is 2.72. The Kier molecular flexibility index (Phi) is 6.45. The number of benzene rings is 2. The maximum atomic E-state index is 14.5. The van der Waals surface area contributed by atoms with Crippen LogP contribution in [0.4, 0.5) is 4.39 Å². The Morgan fingerprint density at radius 2 is 1.87 bits per heavy atom. The zero-order valence-electron chi connectivity index (χ0n) is 17.7. The molecule has 0 aliphatic rings. The fourth-order valence-electron chi connectivity index (χ4n) is 3.36. The van der Waals surface area contributed by atoms with Crippen LogP contribution < -0.4 is 10.3 Å². The molecule has 0 saturated carbocycles. The molecule has 31 heavy (non-hydrogen) atoms. The third-order valence-corrected chi connectivity index (χ3v) is 6.18. The van der Waals surface area contributed by atoms with E-state index >= 15 is 0 Å². The van der Waals surface area contributed by atoms with E-state index < -0.39 is 15.7 Å². The highest BCUT2D eigenvalue weighted by molar-refractivity contribution is 7.93. The summed E-state index contributed by atoms with van der Waals surface area (Å²) in [4.78, 5) is 12.4. The molecule has 0 radical (unpaired) electrons. The third kappa shape index (κ3) is 4.94. The molecule has 3 aromatic rings. The van der Waals surface area contributed by atoms with Crippen molar-refractivity contribution in [2.24, 2.45) is 7.05 Å². The molecule has 5 nitrogen and oxygen atoms in total. The Balaban J connectivity index is 2.26. The van der Waals surface area contributed by atoms with Crippen LogP contribution in [0, 0.1) is 12.7 Å². The number of aromatic nitrogens is 1. The predicted octanol–water partition coefficient (Wildman–Crippen LogP) is 4.91. The second-order valence-electron chi connectivity index (χ2n) is 7.32. The normalized spacial score (nSPS) is 11.4. The van der Waals surface area contributed by atoms with E-state index in [-0.39, 0.29) is 17.1 Å². The Morgan fingerprint density at radius 3 is 2.52 bits per heavy atom. The number of rotatable bonds is 7. The summed E-state index contributed by atoms with van der Waals surface area (Å²) in [6.07, 6.45) is 2.13. The van der Waals surface area contributed by atoms with Gasteiger partial charge in [0.2, 0.25) is 0 Å². The van der Waals surface area contributed by atoms with E-state index in [1.54, 1.807) is 50.5 Å². The number of halogens is 1. The molecule has 2 aromatic carbocycles. The molecule has 3 rings (SSSR count). The second kappa shape index (κ2) is 8.89. The highest BCUT2D eigenvalue weighted by Gasteiger charge is 2.19. The Bertz CT molecular complexity index is 1310. The van der Waals surface area contributed by atoms with Crippen LogP contribution in [0.1, 0.15) is 23.6 Å². The van der Waals surface area contributed by atoms with E-state index in [2.05, 4.69) is 6.58 Å². The van der Waals surface area contributed by atoms with E-state index in [9.17, 15) is 17.6 Å². The summed E-state index contributed by atoms with van der Waals surface area (Å²) in [5.74, 6) is -0.509. The van der Waals surface area contributed by atoms with Gasteiger partial charge < -0.3 is 9.30 Å². The van der Waals surface area contributed by atoms with Crippen molar-refractivity contribution in [3.63, 3.8) is 0 Å². The quantitative estimate of drug-likeness (QED) is 0.522. The molecule has 0 saturated heterocycles. The standard InChI is InChI=1S/C24H24FNO4S/c1-5-17-13-19(14-26(4)24(17)27)23-18(15-31(28,29)6-2)8-7-9-22(23)30-21-11-10-16(3)12-20(21)25/h6-14H,2,5,15H2,1,3-4H3. The molecule has 0 bridgehead atoms. The van der Waals surface area contributed by atoms with Gasteiger partial charge in [-0.2, -0.15) is 0 Å². The molecule has 162 valence electrons. The second-order valence-corrected chi connectivity index (χ2v) is 9.27. The summed E-state index contributed by atoms with van der Waals surface area (Å²) >= 11 is 0. The van der Waals surface area contributed by atoms with Gasteiger partial charge in [-0.1, -0.05) is 31.7 Å². The molecular formula is C24H24FNO4S. The number of aryl methyl sites for hydroxylation is 3. The summed E-state index contributed by atoms with van der Waals surface area (Å²) in [6, 6.07) is 11.3. The van der Waals surface area contributed by atoms with Crippen LogP contribution in [-0.4, -0.2) is 13.0 Å². The van der Waals surface area contributed by atoms with Gasteiger partial charge in [0.25, 0.3) is 5.56 Å². The van der Waals surface area contributed by atoms with Crippen molar-refractivity contribution in [1.82, 2.24) is 4.57 Å². The fraction of sp³-hybridized carbons (Fsp3) is 0.208. The van der Waals surface area contributed by atoms with Gasteiger partial charge in [0.1, 0.15) is 5.75 Å². The molecule has 7 heteroatoms. The Morgan fingerprint density at radius 1 is 1.13 bits per heavy atom. The van der Waals surface area contributed by atoms with Gasteiger partial charge >= 0.3 is 0 Å². The van der Waals surface area contributed by atoms with Gasteiger partial charge in [0.05, 0.1) is 5.75 Å². The molecular weight excluding hydrogens is 417 g/mol. The van der Waals surface area contributed by atoms with Crippen LogP contribution >= 0.6 is 0 Å². The molecule has 0 atom stereocenters. The van der Waals surface area contributed by atoms with Crippen LogP contribution in [-0.2, 0) is 29.1 Å². The van der Waals surface area contributed by atoms with Gasteiger partial charge in [0, 0.05) is 35.3 Å². The van der Waals surface area contributed by atoms with Crippen LogP contribution in [0.3, 0.4) is 0 Å². The van der Waals surface area contributed by atoms with Crippen LogP contribution in [0.15, 0.2) is 65.4 Å². The minimum atomic E-state index is -3.57. The topological polar surface area (TPSA) is 65.4 Å². The summed E-state index contributed by atoms with van der Waals surface area (Å²) in [7, 11) is -1.94. The minimum Gasteiger partial charge on any atom is -0.454 e. The van der Waals surface area contributed by atoms with E-state index in [0.717, 1.165) is 11.0 Å². The summed E-state index contributed by atoms with van der Waals surface area (Å²) < 4.78 is 46.4. The van der Waals surface area contributed by atoms with Crippen molar-refractivity contribution < 1.29 is 17.5 Å². The molecule has 0 aliphatic heterocycles. The van der Waals surface area contributed by atoms with Crippen LogP contribution in [0.25, 0.3) is 11.1 Å². The Labute approximate surface area is 181 Å². The van der Waals surface area contributed by atoms with Gasteiger partial charge in [-0.25, -0.2) is 12.8 Å². The van der Waals surface area contributed by atoms with Crippen molar-refractivity contribution in [1.29, 1.82) is 0 Å². The van der Waals surface area contributed by atoms with Crippen molar-refractivity contribution in [2.75, 3.05) is 0 Å². The van der Waals surface area contributed by atoms with Crippen LogP contribution in [0.5, 0.6) is 11.5 Å². The molecule has 1 aromatic heterocycles. The largest absolute Gasteiger partial charge is 0.454 e. The number of pyridine rings is 1. The summed E-state index contributed by atoms with van der Waals surface area (Å²) in [5.41, 5.74) is 2.75. The zero-order valence-corrected chi connectivity index (χ0v) is 18.5. The van der Waals surface area contributed by atoms with Crippen molar-refractivity contribution in [3.8, 4) is 22.6 Å². The molecule has 0 spiro atoms. The van der Waals surface area contributed by atoms with E-state index in [0.29, 0.717) is 34.4 Å². The predicted molar refractivity (Wildman–Crippen MR) is 121 cm³/mol. The highest BCUT2D eigenvalue weighted by atomic mass is 32.2. The monoisotopic (exact) mass is 441 g/mol. The van der Waals surface area contributed by atoms with E-state index in [1.165, 1.54) is 16.7 Å². The maximum absolute atomic E-state index is 14.5. The number of hydrogen-bond donors (Lipinski definition) is 0. The summed E-state index contributed by atoms with van der Waals surface area (Å²) in [5, 5.41) is 0.905. The SMILES string of the molecule is C=CS(=O)(=O)Cc1cccc(Oc2ccc(C)cc2F)c1-c1cc(CC)c(=O)n(C)c1. The smallest absolute Gasteiger partial charge is 0.253 e. The highest BCUT2D eigenvalue weighted by Crippen LogP contribution is 2.38. The number of sulfone groups is 1. The molecule has 0 unspecified atom stereocenters. The van der Waals surface area contributed by atoms with Crippen molar-refractivity contribution in [2.45, 2.75) is 26.0 Å². The van der Waals surface area contributed by atoms with Crippen LogP contribution in [0.2, 0.25) is 0 Å². The molecule has 1 heterocycles. The van der Waals surface area contributed by atoms with Gasteiger partial charge in [0.15, 0.2) is 21.4 Å². The first-order valence-electron chi connectivity index (χ1n) is 9.76. The van der Waals surface area contributed by atoms with Crippen molar-refractivity contribution >= 4 is 9.84 Å². The molecule has 0 N–H and O–H groups in total. The van der Waals surface area contributed by atoms with Crippen molar-refractivity contribution in [3.05, 3.63) is 93.5 Å². The lowest BCUT2D eigenvalue weighted by atomic mass is 9.99. The zero-order chi connectivity index (χ0) is 22.8. The number of hydrogen-bond acceptors (Lipinski definition) is 4. The third-order valence-electron chi connectivity index (χ3n) is 4.96. The first-order valence-corrected chi connectivity index (χ1v) is 11.5. The number of ether oxygens (including phenoxy) is 1. The van der Waals surface area contributed by atoms with Gasteiger partial charge in [-0.05, 0) is 48.7 Å². The van der Waals surface area contributed by atoms with E-state index in [1.807, 2.05) is 6.92 Å². The first kappa shape index (κ1) is 22.5. The molecule has 0 aliphatic carbocycles. The van der Waals surface area contributed by atoms with Gasteiger partial charge in [-0.15, -0.1) is 0 Å². The first-order chi connectivity index (χ1) is 14.6. The molecule has 0 amide bonds.